The standard InChI is InChI=1S/C16H18FN3O3S/c1-20-14(19-13-5-4-10(24-3)7-12(13)17)11(16(22)23-2)6-9(8-18)15(20)21/h4,6-7,11,13-14,19H,5H2,1-3H3. The summed E-state index contributed by atoms with van der Waals surface area (Å²) in [4.78, 5) is 26.3. The molecule has 0 aromatic heterocycles. The number of esters is 1. The van der Waals surface area contributed by atoms with E-state index in [0.717, 1.165) is 4.91 Å². The molecule has 0 aromatic rings. The van der Waals surface area contributed by atoms with Gasteiger partial charge in [-0.1, -0.05) is 6.08 Å². The van der Waals surface area contributed by atoms with E-state index < -0.39 is 30.0 Å². The molecular formula is C16H18FN3O3S. The van der Waals surface area contributed by atoms with Crippen LogP contribution in [0, 0.1) is 17.2 Å². The fourth-order valence-electron chi connectivity index (χ4n) is 2.67. The number of amides is 1. The molecule has 1 N–H and O–H groups in total. The summed E-state index contributed by atoms with van der Waals surface area (Å²) < 4.78 is 19.0. The number of hydrogen-bond donors (Lipinski definition) is 1. The van der Waals surface area contributed by atoms with E-state index in [0.29, 0.717) is 6.42 Å². The number of halogens is 1. The van der Waals surface area contributed by atoms with E-state index in [1.165, 1.54) is 43.0 Å². The zero-order chi connectivity index (χ0) is 17.9. The van der Waals surface area contributed by atoms with E-state index in [4.69, 9.17) is 10.00 Å². The Morgan fingerprint density at radius 1 is 1.58 bits per heavy atom. The van der Waals surface area contributed by atoms with Crippen molar-refractivity contribution in [2.24, 2.45) is 5.92 Å². The van der Waals surface area contributed by atoms with Crippen molar-refractivity contribution in [2.45, 2.75) is 18.6 Å². The highest BCUT2D eigenvalue weighted by atomic mass is 32.2. The summed E-state index contributed by atoms with van der Waals surface area (Å²) in [6.07, 6.45) is 6.06. The molecular weight excluding hydrogens is 333 g/mol. The molecule has 0 aromatic carbocycles. The lowest BCUT2D eigenvalue weighted by molar-refractivity contribution is -0.148. The van der Waals surface area contributed by atoms with Gasteiger partial charge in [0.05, 0.1) is 19.3 Å². The number of nitrogens with zero attached hydrogens (tertiary/aromatic N) is 2. The molecule has 8 heteroatoms. The Bertz CT molecular complexity index is 681. The van der Waals surface area contributed by atoms with E-state index in [2.05, 4.69) is 5.32 Å². The summed E-state index contributed by atoms with van der Waals surface area (Å²) in [5.74, 6) is -2.36. The van der Waals surface area contributed by atoms with Crippen LogP contribution in [0.1, 0.15) is 6.42 Å². The SMILES string of the molecule is COC(=O)C1C=C(C#N)C(=O)N(C)C1NC1CC=C(SC)C=C1F. The van der Waals surface area contributed by atoms with E-state index in [9.17, 15) is 14.0 Å². The van der Waals surface area contributed by atoms with E-state index in [-0.39, 0.29) is 11.4 Å². The molecule has 3 unspecified atom stereocenters. The summed E-state index contributed by atoms with van der Waals surface area (Å²) >= 11 is 1.44. The van der Waals surface area contributed by atoms with Crippen LogP contribution < -0.4 is 5.32 Å². The highest BCUT2D eigenvalue weighted by Gasteiger charge is 2.40. The first-order chi connectivity index (χ1) is 11.4. The number of hydrogen-bond acceptors (Lipinski definition) is 6. The lowest BCUT2D eigenvalue weighted by atomic mass is 9.94. The predicted molar refractivity (Wildman–Crippen MR) is 88.1 cm³/mol. The molecule has 1 aliphatic carbocycles. The molecule has 0 fully saturated rings. The highest BCUT2D eigenvalue weighted by molar-refractivity contribution is 8.02. The number of nitriles is 1. The number of carbonyl (C=O) groups is 2. The van der Waals surface area contributed by atoms with Gasteiger partial charge in [-0.3, -0.25) is 14.9 Å². The molecule has 1 aliphatic heterocycles. The largest absolute Gasteiger partial charge is 0.468 e. The van der Waals surface area contributed by atoms with E-state index in [1.54, 1.807) is 6.07 Å². The zero-order valence-electron chi connectivity index (χ0n) is 13.6. The number of methoxy groups -OCH3 is 1. The molecule has 6 nitrogen and oxygen atoms in total. The Morgan fingerprint density at radius 3 is 2.83 bits per heavy atom. The van der Waals surface area contributed by atoms with Crippen LogP contribution in [0.15, 0.2) is 34.5 Å². The maximum Gasteiger partial charge on any atom is 0.316 e. The highest BCUT2D eigenvalue weighted by Crippen LogP contribution is 2.28. The number of nitrogens with one attached hydrogen (secondary N) is 1. The first-order valence-corrected chi connectivity index (χ1v) is 8.49. The minimum absolute atomic E-state index is 0.129. The fourth-order valence-corrected chi connectivity index (χ4v) is 3.16. The third-order valence-electron chi connectivity index (χ3n) is 4.02. The minimum atomic E-state index is -0.883. The second-order valence-corrected chi connectivity index (χ2v) is 6.28. The maximum absolute atomic E-state index is 14.3. The molecule has 0 bridgehead atoms. The predicted octanol–water partition coefficient (Wildman–Crippen LogP) is 1.49. The quantitative estimate of drug-likeness (QED) is 0.773. The van der Waals surface area contributed by atoms with Crippen molar-refractivity contribution in [3.05, 3.63) is 34.5 Å². The van der Waals surface area contributed by atoms with Gasteiger partial charge in [-0.2, -0.15) is 5.26 Å². The van der Waals surface area contributed by atoms with Gasteiger partial charge in [-0.15, -0.1) is 11.8 Å². The maximum atomic E-state index is 14.3. The Morgan fingerprint density at radius 2 is 2.29 bits per heavy atom. The van der Waals surface area contributed by atoms with Crippen LogP contribution in [0.4, 0.5) is 4.39 Å². The topological polar surface area (TPSA) is 82.4 Å². The number of likely N-dealkylation sites (N-methyl/N-ethyl adjacent to an activating group) is 1. The van der Waals surface area contributed by atoms with Gasteiger partial charge >= 0.3 is 5.97 Å². The van der Waals surface area contributed by atoms with E-state index >= 15 is 0 Å². The van der Waals surface area contributed by atoms with E-state index in [1.807, 2.05) is 12.3 Å². The van der Waals surface area contributed by atoms with Crippen molar-refractivity contribution in [1.82, 2.24) is 10.2 Å². The summed E-state index contributed by atoms with van der Waals surface area (Å²) in [6.45, 7) is 0. The van der Waals surface area contributed by atoms with Gasteiger partial charge in [0.1, 0.15) is 23.4 Å². The Hall–Kier alpha value is -2.11. The van der Waals surface area contributed by atoms with Crippen LogP contribution in [0.25, 0.3) is 0 Å². The molecule has 128 valence electrons. The van der Waals surface area contributed by atoms with Gasteiger partial charge in [0, 0.05) is 12.0 Å². The summed E-state index contributed by atoms with van der Waals surface area (Å²) in [5.41, 5.74) is -0.129. The molecule has 0 radical (unpaired) electrons. The van der Waals surface area contributed by atoms with Crippen LogP contribution in [0.5, 0.6) is 0 Å². The molecule has 2 rings (SSSR count). The average Bonchev–Trinajstić information content (AvgIpc) is 2.59. The zero-order valence-corrected chi connectivity index (χ0v) is 14.4. The number of carbonyl (C=O) groups excluding carboxylic acids is 2. The number of ether oxygens (including phenoxy) is 1. The van der Waals surface area contributed by atoms with Gasteiger partial charge in [0.2, 0.25) is 0 Å². The Kier molecular flexibility index (Phi) is 5.80. The monoisotopic (exact) mass is 351 g/mol. The molecule has 0 saturated carbocycles. The molecule has 1 heterocycles. The van der Waals surface area contributed by atoms with Crippen molar-refractivity contribution < 1.29 is 18.7 Å². The number of thioether (sulfide) groups is 1. The van der Waals surface area contributed by atoms with Crippen molar-refractivity contribution in [1.29, 1.82) is 5.26 Å². The van der Waals surface area contributed by atoms with Crippen molar-refractivity contribution in [3.63, 3.8) is 0 Å². The van der Waals surface area contributed by atoms with Crippen LogP contribution in [-0.4, -0.2) is 49.4 Å². The van der Waals surface area contributed by atoms with Gasteiger partial charge < -0.3 is 9.64 Å². The average molecular weight is 351 g/mol. The normalized spacial score (nSPS) is 27.0. The lowest BCUT2D eigenvalue weighted by Crippen LogP contribution is -2.58. The first kappa shape index (κ1) is 18.2. The molecule has 0 spiro atoms. The summed E-state index contributed by atoms with van der Waals surface area (Å²) in [6, 6.07) is 1.13. The van der Waals surface area contributed by atoms with Gasteiger partial charge in [0.15, 0.2) is 0 Å². The fraction of sp³-hybridized carbons (Fsp3) is 0.438. The smallest absolute Gasteiger partial charge is 0.316 e. The summed E-state index contributed by atoms with van der Waals surface area (Å²) in [7, 11) is 2.69. The molecule has 24 heavy (non-hydrogen) atoms. The number of allylic oxidation sites excluding steroid dienone is 1. The molecule has 2 aliphatic rings. The molecule has 3 atom stereocenters. The second-order valence-electron chi connectivity index (χ2n) is 5.40. The van der Waals surface area contributed by atoms with Crippen LogP contribution in [0.2, 0.25) is 0 Å². The summed E-state index contributed by atoms with van der Waals surface area (Å²) in [5, 5.41) is 12.0. The van der Waals surface area contributed by atoms with Gasteiger partial charge in [-0.05, 0) is 24.8 Å². The van der Waals surface area contributed by atoms with Crippen molar-refractivity contribution >= 4 is 23.6 Å². The Labute approximate surface area is 144 Å². The van der Waals surface area contributed by atoms with Crippen LogP contribution in [0.3, 0.4) is 0 Å². The lowest BCUT2D eigenvalue weighted by Gasteiger charge is -2.38. The van der Waals surface area contributed by atoms with Crippen molar-refractivity contribution in [2.75, 3.05) is 20.4 Å². The molecule has 1 amide bonds. The van der Waals surface area contributed by atoms with Crippen LogP contribution in [-0.2, 0) is 14.3 Å². The van der Waals surface area contributed by atoms with Crippen LogP contribution >= 0.6 is 11.8 Å². The second kappa shape index (κ2) is 7.64. The molecule has 0 saturated heterocycles. The Balaban J connectivity index is 2.27. The van der Waals surface area contributed by atoms with Crippen molar-refractivity contribution in [3.8, 4) is 6.07 Å². The first-order valence-electron chi connectivity index (χ1n) is 7.27. The van der Waals surface area contributed by atoms with Gasteiger partial charge in [-0.25, -0.2) is 4.39 Å². The third-order valence-corrected chi connectivity index (χ3v) is 4.78. The number of rotatable bonds is 4. The minimum Gasteiger partial charge on any atom is -0.468 e. The third kappa shape index (κ3) is 3.52. The van der Waals surface area contributed by atoms with Gasteiger partial charge in [0.25, 0.3) is 5.91 Å².